The first kappa shape index (κ1) is 18.5. The van der Waals surface area contributed by atoms with Crippen molar-refractivity contribution in [2.24, 2.45) is 0 Å². The van der Waals surface area contributed by atoms with Crippen LogP contribution in [0.3, 0.4) is 0 Å². The second kappa shape index (κ2) is 9.97. The van der Waals surface area contributed by atoms with Gasteiger partial charge in [0.05, 0.1) is 6.54 Å². The molecule has 0 aromatic heterocycles. The Labute approximate surface area is 156 Å². The van der Waals surface area contributed by atoms with Gasteiger partial charge in [0.2, 0.25) is 0 Å². The summed E-state index contributed by atoms with van der Waals surface area (Å²) in [6, 6.07) is 21.0. The average molecular weight is 350 g/mol. The molecule has 2 amide bonds. The van der Waals surface area contributed by atoms with Gasteiger partial charge in [-0.1, -0.05) is 60.7 Å². The van der Waals surface area contributed by atoms with Gasteiger partial charge in [-0.05, 0) is 30.4 Å². The van der Waals surface area contributed by atoms with Gasteiger partial charge >= 0.3 is 6.03 Å². The summed E-state index contributed by atoms with van der Waals surface area (Å²) in [5.41, 5.74) is 2.67. The van der Waals surface area contributed by atoms with Gasteiger partial charge in [-0.25, -0.2) is 4.79 Å². The molecule has 0 saturated carbocycles. The molecule has 1 fully saturated rings. The molecule has 137 valence electrons. The Kier molecular flexibility index (Phi) is 7.08. The molecule has 26 heavy (non-hydrogen) atoms. The van der Waals surface area contributed by atoms with Crippen molar-refractivity contribution >= 4 is 6.03 Å². The summed E-state index contributed by atoms with van der Waals surface area (Å²) in [4.78, 5) is 16.6. The number of aryl methyl sites for hydroxylation is 1. The van der Waals surface area contributed by atoms with Crippen LogP contribution in [0.15, 0.2) is 60.7 Å². The lowest BCUT2D eigenvalue weighted by Gasteiger charge is -2.34. The van der Waals surface area contributed by atoms with E-state index in [9.17, 15) is 4.79 Å². The van der Waals surface area contributed by atoms with Crippen LogP contribution in [-0.2, 0) is 12.8 Å². The van der Waals surface area contributed by atoms with Crippen LogP contribution >= 0.6 is 0 Å². The average Bonchev–Trinajstić information content (AvgIpc) is 2.71. The summed E-state index contributed by atoms with van der Waals surface area (Å²) < 4.78 is 0. The SMILES string of the molecule is O=C(N[CH]CCc1ccccc1)N1CCN(CCc2ccccc2)CC1. The lowest BCUT2D eigenvalue weighted by Crippen LogP contribution is -2.51. The zero-order chi connectivity index (χ0) is 18.0. The van der Waals surface area contributed by atoms with Crippen molar-refractivity contribution in [1.29, 1.82) is 0 Å². The highest BCUT2D eigenvalue weighted by atomic mass is 16.2. The molecule has 0 bridgehead atoms. The molecule has 0 aliphatic carbocycles. The topological polar surface area (TPSA) is 35.6 Å². The van der Waals surface area contributed by atoms with Crippen LogP contribution in [0.1, 0.15) is 17.5 Å². The molecule has 1 heterocycles. The number of carbonyl (C=O) groups is 1. The molecule has 1 aliphatic heterocycles. The number of rotatable bonds is 7. The van der Waals surface area contributed by atoms with Crippen molar-refractivity contribution in [1.82, 2.24) is 15.1 Å². The van der Waals surface area contributed by atoms with E-state index in [2.05, 4.69) is 52.7 Å². The van der Waals surface area contributed by atoms with Crippen molar-refractivity contribution in [3.8, 4) is 0 Å². The lowest BCUT2D eigenvalue weighted by molar-refractivity contribution is 0.141. The van der Waals surface area contributed by atoms with E-state index in [4.69, 9.17) is 0 Å². The fraction of sp³-hybridized carbons (Fsp3) is 0.364. The first-order chi connectivity index (χ1) is 12.8. The van der Waals surface area contributed by atoms with Gasteiger partial charge < -0.3 is 10.2 Å². The van der Waals surface area contributed by atoms with E-state index in [1.54, 1.807) is 0 Å². The number of nitrogens with one attached hydrogen (secondary N) is 1. The maximum absolute atomic E-state index is 12.3. The third kappa shape index (κ3) is 5.88. The van der Waals surface area contributed by atoms with E-state index in [1.165, 1.54) is 11.1 Å². The van der Waals surface area contributed by atoms with Gasteiger partial charge in [-0.2, -0.15) is 0 Å². The smallest absolute Gasteiger partial charge is 0.317 e. The number of amides is 2. The minimum atomic E-state index is 0.0285. The van der Waals surface area contributed by atoms with Crippen LogP contribution in [0.2, 0.25) is 0 Å². The summed E-state index contributed by atoms with van der Waals surface area (Å²) in [7, 11) is 0. The van der Waals surface area contributed by atoms with E-state index < -0.39 is 0 Å². The third-order valence-electron chi connectivity index (χ3n) is 4.86. The first-order valence-corrected chi connectivity index (χ1v) is 9.48. The molecule has 2 aromatic carbocycles. The van der Waals surface area contributed by atoms with Crippen LogP contribution in [0.4, 0.5) is 4.79 Å². The summed E-state index contributed by atoms with van der Waals surface area (Å²) in [6.45, 7) is 6.44. The van der Waals surface area contributed by atoms with Crippen LogP contribution in [0.25, 0.3) is 0 Å². The Morgan fingerprint density at radius 2 is 1.42 bits per heavy atom. The summed E-state index contributed by atoms with van der Waals surface area (Å²) >= 11 is 0. The van der Waals surface area contributed by atoms with Gasteiger partial charge in [0.25, 0.3) is 0 Å². The Bertz CT molecular complexity index is 652. The van der Waals surface area contributed by atoms with Crippen LogP contribution < -0.4 is 5.32 Å². The van der Waals surface area contributed by atoms with Crippen molar-refractivity contribution in [3.63, 3.8) is 0 Å². The van der Waals surface area contributed by atoms with E-state index in [-0.39, 0.29) is 6.03 Å². The van der Waals surface area contributed by atoms with E-state index in [1.807, 2.05) is 29.6 Å². The van der Waals surface area contributed by atoms with Crippen molar-refractivity contribution < 1.29 is 4.79 Å². The second-order valence-corrected chi connectivity index (χ2v) is 6.74. The standard InChI is InChI=1S/C22H28N3O/c26-22(23-14-7-12-20-8-3-1-4-9-20)25-18-16-24(17-19-25)15-13-21-10-5-2-6-11-21/h1-6,8-11,14H,7,12-13,15-19H2,(H,23,26). The monoisotopic (exact) mass is 350 g/mol. The van der Waals surface area contributed by atoms with Crippen LogP contribution in [0, 0.1) is 6.54 Å². The molecule has 1 radical (unpaired) electrons. The predicted molar refractivity (Wildman–Crippen MR) is 106 cm³/mol. The molecule has 1 aliphatic rings. The van der Waals surface area contributed by atoms with Gasteiger partial charge in [0, 0.05) is 32.7 Å². The fourth-order valence-corrected chi connectivity index (χ4v) is 3.24. The number of benzene rings is 2. The normalized spacial score (nSPS) is 15.0. The zero-order valence-electron chi connectivity index (χ0n) is 15.3. The fourth-order valence-electron chi connectivity index (χ4n) is 3.24. The third-order valence-corrected chi connectivity index (χ3v) is 4.86. The molecule has 4 nitrogen and oxygen atoms in total. The number of nitrogens with zero attached hydrogens (tertiary/aromatic N) is 2. The molecule has 3 rings (SSSR count). The molecular formula is C22H28N3O. The molecule has 0 unspecified atom stereocenters. The highest BCUT2D eigenvalue weighted by Gasteiger charge is 2.20. The van der Waals surface area contributed by atoms with Gasteiger partial charge in [-0.15, -0.1) is 0 Å². The van der Waals surface area contributed by atoms with Crippen molar-refractivity contribution in [3.05, 3.63) is 78.3 Å². The molecule has 0 atom stereocenters. The maximum Gasteiger partial charge on any atom is 0.317 e. The highest BCUT2D eigenvalue weighted by Crippen LogP contribution is 2.07. The minimum absolute atomic E-state index is 0.0285. The zero-order valence-corrected chi connectivity index (χ0v) is 15.3. The molecule has 0 spiro atoms. The molecule has 1 N–H and O–H groups in total. The number of carbonyl (C=O) groups excluding carboxylic acids is 1. The van der Waals surface area contributed by atoms with Crippen molar-refractivity contribution in [2.75, 3.05) is 32.7 Å². The van der Waals surface area contributed by atoms with Crippen LogP contribution in [-0.4, -0.2) is 48.6 Å². The highest BCUT2D eigenvalue weighted by molar-refractivity contribution is 5.74. The Morgan fingerprint density at radius 1 is 0.846 bits per heavy atom. The first-order valence-electron chi connectivity index (χ1n) is 9.48. The molecule has 1 saturated heterocycles. The summed E-state index contributed by atoms with van der Waals surface area (Å²) in [5, 5.41) is 2.94. The van der Waals surface area contributed by atoms with E-state index in [0.29, 0.717) is 0 Å². The van der Waals surface area contributed by atoms with Gasteiger partial charge in [-0.3, -0.25) is 4.90 Å². The van der Waals surface area contributed by atoms with Crippen molar-refractivity contribution in [2.45, 2.75) is 19.3 Å². The number of urea groups is 1. The Hall–Kier alpha value is -2.33. The Balaban J connectivity index is 1.29. The summed E-state index contributed by atoms with van der Waals surface area (Å²) in [6.07, 6.45) is 2.88. The molecular weight excluding hydrogens is 322 g/mol. The quantitative estimate of drug-likeness (QED) is 0.777. The van der Waals surface area contributed by atoms with E-state index >= 15 is 0 Å². The summed E-state index contributed by atoms with van der Waals surface area (Å²) in [5.74, 6) is 0. The van der Waals surface area contributed by atoms with Gasteiger partial charge in [0.15, 0.2) is 0 Å². The predicted octanol–water partition coefficient (Wildman–Crippen LogP) is 3.35. The lowest BCUT2D eigenvalue weighted by atomic mass is 10.1. The number of piperazine rings is 1. The number of hydrogen-bond donors (Lipinski definition) is 1. The van der Waals surface area contributed by atoms with Crippen LogP contribution in [0.5, 0.6) is 0 Å². The minimum Gasteiger partial charge on any atom is -0.333 e. The largest absolute Gasteiger partial charge is 0.333 e. The van der Waals surface area contributed by atoms with E-state index in [0.717, 1.165) is 52.0 Å². The van der Waals surface area contributed by atoms with Gasteiger partial charge in [0.1, 0.15) is 0 Å². The Morgan fingerprint density at radius 3 is 2.04 bits per heavy atom. The second-order valence-electron chi connectivity index (χ2n) is 6.74. The molecule has 4 heteroatoms. The maximum atomic E-state index is 12.3. The number of hydrogen-bond acceptors (Lipinski definition) is 2. The molecule has 2 aromatic rings.